The Morgan fingerprint density at radius 3 is 1.67 bits per heavy atom. The van der Waals surface area contributed by atoms with E-state index in [0.717, 1.165) is 0 Å². The molecule has 0 rings (SSSR count). The fraction of sp³-hybridized carbons (Fsp3) is 0. The second-order valence-electron chi connectivity index (χ2n) is 0.916. The van der Waals surface area contributed by atoms with Crippen LogP contribution in [0.2, 0.25) is 0 Å². The van der Waals surface area contributed by atoms with E-state index in [1.165, 1.54) is 11.4 Å². The molecule has 0 fully saturated rings. The Morgan fingerprint density at radius 2 is 1.67 bits per heavy atom. The Kier molecular flexibility index (Phi) is 2.67. The van der Waals surface area contributed by atoms with E-state index in [2.05, 4.69) is 13.2 Å². The normalized spacial score (nSPS) is 8.33. The molecule has 0 spiro atoms. The SMILES string of the molecule is C=C[SiH](F)C=C. The molecular formula is C4H7FSi. The van der Waals surface area contributed by atoms with E-state index in [9.17, 15) is 4.11 Å². The number of rotatable bonds is 2. The van der Waals surface area contributed by atoms with E-state index < -0.39 is 9.13 Å². The van der Waals surface area contributed by atoms with Crippen LogP contribution in [0.4, 0.5) is 4.11 Å². The molecule has 0 aliphatic heterocycles. The van der Waals surface area contributed by atoms with Crippen LogP contribution in [-0.4, -0.2) is 9.13 Å². The molecule has 0 amide bonds. The van der Waals surface area contributed by atoms with Gasteiger partial charge >= 0.3 is 0 Å². The second-order valence-corrected chi connectivity index (χ2v) is 2.75. The first kappa shape index (κ1) is 5.63. The van der Waals surface area contributed by atoms with E-state index in [-0.39, 0.29) is 0 Å². The molecule has 0 radical (unpaired) electrons. The van der Waals surface area contributed by atoms with Gasteiger partial charge in [0.1, 0.15) is 0 Å². The molecule has 34 valence electrons. The van der Waals surface area contributed by atoms with Crippen LogP contribution in [0.5, 0.6) is 0 Å². The Labute approximate surface area is 38.8 Å². The third kappa shape index (κ3) is 1.90. The van der Waals surface area contributed by atoms with Crippen LogP contribution in [0.3, 0.4) is 0 Å². The van der Waals surface area contributed by atoms with Crippen molar-refractivity contribution in [2.75, 3.05) is 0 Å². The standard InChI is InChI=1S/C4H7FSi/c1-3-6(5)4-2/h3-4,6H,1-2H2. The average molecular weight is 102 g/mol. The van der Waals surface area contributed by atoms with E-state index >= 15 is 0 Å². The van der Waals surface area contributed by atoms with Gasteiger partial charge in [-0.05, 0) is 0 Å². The van der Waals surface area contributed by atoms with Crippen molar-refractivity contribution in [3.8, 4) is 0 Å². The van der Waals surface area contributed by atoms with Gasteiger partial charge in [-0.1, -0.05) is 11.4 Å². The topological polar surface area (TPSA) is 0 Å². The minimum Gasteiger partial charge on any atom is -0.307 e. The number of hydrogen-bond donors (Lipinski definition) is 0. The van der Waals surface area contributed by atoms with Crippen molar-refractivity contribution in [3.63, 3.8) is 0 Å². The molecule has 0 unspecified atom stereocenters. The summed E-state index contributed by atoms with van der Waals surface area (Å²) in [5.41, 5.74) is 2.65. The van der Waals surface area contributed by atoms with Crippen LogP contribution in [0.15, 0.2) is 24.6 Å². The van der Waals surface area contributed by atoms with Gasteiger partial charge in [-0.15, -0.1) is 13.2 Å². The van der Waals surface area contributed by atoms with Crippen molar-refractivity contribution in [3.05, 3.63) is 24.6 Å². The molecule has 0 heterocycles. The van der Waals surface area contributed by atoms with Crippen LogP contribution in [0.1, 0.15) is 0 Å². The largest absolute Gasteiger partial charge is 0.307 e. The maximum atomic E-state index is 11.8. The van der Waals surface area contributed by atoms with Crippen molar-refractivity contribution >= 4 is 9.13 Å². The van der Waals surface area contributed by atoms with Gasteiger partial charge in [-0.3, -0.25) is 0 Å². The summed E-state index contributed by atoms with van der Waals surface area (Å²) in [4.78, 5) is 0. The van der Waals surface area contributed by atoms with Gasteiger partial charge in [0, 0.05) is 0 Å². The van der Waals surface area contributed by atoms with Crippen molar-refractivity contribution in [2.45, 2.75) is 0 Å². The van der Waals surface area contributed by atoms with Crippen LogP contribution >= 0.6 is 0 Å². The highest BCUT2D eigenvalue weighted by Crippen LogP contribution is 1.81. The second kappa shape index (κ2) is 2.84. The van der Waals surface area contributed by atoms with E-state index in [0.29, 0.717) is 0 Å². The van der Waals surface area contributed by atoms with Gasteiger partial charge in [0.05, 0.1) is 0 Å². The summed E-state index contributed by atoms with van der Waals surface area (Å²) in [6.07, 6.45) is 0. The molecule has 0 saturated carbocycles. The summed E-state index contributed by atoms with van der Waals surface area (Å²) >= 11 is 0. The summed E-state index contributed by atoms with van der Waals surface area (Å²) in [7, 11) is -2.13. The summed E-state index contributed by atoms with van der Waals surface area (Å²) in [6.45, 7) is 6.49. The zero-order valence-corrected chi connectivity index (χ0v) is 4.68. The maximum absolute atomic E-state index is 11.8. The zero-order valence-electron chi connectivity index (χ0n) is 3.52. The van der Waals surface area contributed by atoms with E-state index in [1.807, 2.05) is 0 Å². The van der Waals surface area contributed by atoms with E-state index in [4.69, 9.17) is 0 Å². The lowest BCUT2D eigenvalue weighted by Crippen LogP contribution is -1.91. The van der Waals surface area contributed by atoms with Gasteiger partial charge in [0.25, 0.3) is 9.13 Å². The summed E-state index contributed by atoms with van der Waals surface area (Å²) in [6, 6.07) is 0. The summed E-state index contributed by atoms with van der Waals surface area (Å²) in [5.74, 6) is 0. The Bertz CT molecular complexity index is 52.6. The van der Waals surface area contributed by atoms with Gasteiger partial charge in [-0.25, -0.2) is 0 Å². The molecule has 0 atom stereocenters. The van der Waals surface area contributed by atoms with Crippen LogP contribution in [0.25, 0.3) is 0 Å². The number of halogens is 1. The molecule has 0 aliphatic carbocycles. The summed E-state index contributed by atoms with van der Waals surface area (Å²) < 4.78 is 11.8. The maximum Gasteiger partial charge on any atom is 0.278 e. The minimum absolute atomic E-state index is 1.33. The smallest absolute Gasteiger partial charge is 0.278 e. The fourth-order valence-electron chi connectivity index (χ4n) is 0.0962. The van der Waals surface area contributed by atoms with E-state index in [1.54, 1.807) is 0 Å². The highest BCUT2D eigenvalue weighted by atomic mass is 28.3. The molecule has 6 heavy (non-hydrogen) atoms. The molecule has 0 N–H and O–H groups in total. The minimum atomic E-state index is -2.13. The van der Waals surface area contributed by atoms with Gasteiger partial charge in [0.2, 0.25) is 0 Å². The lowest BCUT2D eigenvalue weighted by Gasteiger charge is -1.79. The van der Waals surface area contributed by atoms with Crippen molar-refractivity contribution in [1.29, 1.82) is 0 Å². The first-order valence-corrected chi connectivity index (χ1v) is 3.47. The van der Waals surface area contributed by atoms with Crippen molar-refractivity contribution < 1.29 is 4.11 Å². The highest BCUT2D eigenvalue weighted by Gasteiger charge is 1.90. The van der Waals surface area contributed by atoms with Crippen LogP contribution < -0.4 is 0 Å². The van der Waals surface area contributed by atoms with Gasteiger partial charge in [-0.2, -0.15) is 0 Å². The monoisotopic (exact) mass is 102 g/mol. The summed E-state index contributed by atoms with van der Waals surface area (Å²) in [5, 5.41) is 0. The Balaban J connectivity index is 3.21. The lowest BCUT2D eigenvalue weighted by atomic mass is 11.2. The number of hydrogen-bond acceptors (Lipinski definition) is 0. The third-order valence-electron chi connectivity index (χ3n) is 0.450. The predicted octanol–water partition coefficient (Wildman–Crippen LogP) is 1.13. The molecular weight excluding hydrogens is 95.1 g/mol. The van der Waals surface area contributed by atoms with Gasteiger partial charge in [0.15, 0.2) is 0 Å². The average Bonchev–Trinajstić information content (AvgIpc) is 1.65. The van der Waals surface area contributed by atoms with Crippen molar-refractivity contribution in [2.24, 2.45) is 0 Å². The molecule has 0 aromatic carbocycles. The highest BCUT2D eigenvalue weighted by molar-refractivity contribution is 6.62. The zero-order chi connectivity index (χ0) is 4.99. The van der Waals surface area contributed by atoms with Crippen LogP contribution in [0, 0.1) is 0 Å². The van der Waals surface area contributed by atoms with Gasteiger partial charge < -0.3 is 4.11 Å². The lowest BCUT2D eigenvalue weighted by molar-refractivity contribution is 0.863. The molecule has 0 saturated heterocycles. The fourth-order valence-corrected chi connectivity index (χ4v) is 0.289. The molecule has 0 aliphatic rings. The predicted molar refractivity (Wildman–Crippen MR) is 28.7 cm³/mol. The molecule has 0 aromatic heterocycles. The molecule has 0 bridgehead atoms. The quantitative estimate of drug-likeness (QED) is 0.362. The molecule has 0 aromatic rings. The first-order valence-electron chi connectivity index (χ1n) is 1.70. The Morgan fingerprint density at radius 1 is 1.33 bits per heavy atom. The first-order chi connectivity index (χ1) is 2.81. The molecule has 0 nitrogen and oxygen atoms in total. The Hall–Kier alpha value is -0.373. The van der Waals surface area contributed by atoms with Crippen LogP contribution in [-0.2, 0) is 0 Å². The van der Waals surface area contributed by atoms with Crippen molar-refractivity contribution in [1.82, 2.24) is 0 Å². The molecule has 2 heteroatoms. The third-order valence-corrected chi connectivity index (χ3v) is 1.35.